The van der Waals surface area contributed by atoms with Crippen molar-refractivity contribution >= 4 is 33.3 Å². The van der Waals surface area contributed by atoms with E-state index in [0.29, 0.717) is 31.3 Å². The molecule has 0 bridgehead atoms. The second-order valence-corrected chi connectivity index (χ2v) is 7.72. The van der Waals surface area contributed by atoms with Crippen LogP contribution >= 0.6 is 12.2 Å². The Labute approximate surface area is 153 Å². The monoisotopic (exact) mass is 389 g/mol. The number of nitrogens with one attached hydrogen (secondary N) is 1. The van der Waals surface area contributed by atoms with E-state index in [1.807, 2.05) is 11.8 Å². The summed E-state index contributed by atoms with van der Waals surface area (Å²) in [5.74, 6) is -0.801. The fraction of sp³-hybridized carbons (Fsp3) is 0.600. The maximum absolute atomic E-state index is 12.6. The lowest BCUT2D eigenvalue weighted by Gasteiger charge is -2.35. The zero-order valence-corrected chi connectivity index (χ0v) is 16.0. The largest absolute Gasteiger partial charge is 0.460 e. The van der Waals surface area contributed by atoms with E-state index in [2.05, 4.69) is 5.32 Å². The molecule has 0 aromatic carbocycles. The van der Waals surface area contributed by atoms with Crippen molar-refractivity contribution in [3.63, 3.8) is 0 Å². The molecule has 0 saturated carbocycles. The molecule has 0 amide bonds. The minimum atomic E-state index is -3.79. The van der Waals surface area contributed by atoms with E-state index in [-0.39, 0.29) is 17.5 Å². The standard InChI is InChI=1S/C15H23N3O5S2/c1-3-7-16-15(24)17-8-10-18(11-9-17)25(20,21)13-6-5-12(23-13)14(19)22-4-2/h5-6H,3-4,7-11H2,1-2H3,(H,16,24). The van der Waals surface area contributed by atoms with Crippen LogP contribution in [-0.2, 0) is 14.8 Å². The molecule has 1 aromatic rings. The van der Waals surface area contributed by atoms with Gasteiger partial charge in [-0.2, -0.15) is 4.31 Å². The first-order chi connectivity index (χ1) is 11.9. The first kappa shape index (κ1) is 19.7. The van der Waals surface area contributed by atoms with Crippen molar-refractivity contribution in [2.45, 2.75) is 25.4 Å². The van der Waals surface area contributed by atoms with E-state index in [1.165, 1.54) is 16.4 Å². The van der Waals surface area contributed by atoms with Crippen molar-refractivity contribution in [3.05, 3.63) is 17.9 Å². The number of hydrogen-bond acceptors (Lipinski definition) is 6. The molecule has 0 aliphatic carbocycles. The zero-order chi connectivity index (χ0) is 18.4. The number of hydrogen-bond donors (Lipinski definition) is 1. The van der Waals surface area contributed by atoms with E-state index in [0.717, 1.165) is 13.0 Å². The minimum absolute atomic E-state index is 0.121. The Kier molecular flexibility index (Phi) is 6.79. The molecule has 0 radical (unpaired) electrons. The van der Waals surface area contributed by atoms with Gasteiger partial charge in [0.05, 0.1) is 6.61 Å². The molecule has 2 rings (SSSR count). The summed E-state index contributed by atoms with van der Waals surface area (Å²) in [6.45, 7) is 6.29. The van der Waals surface area contributed by atoms with Crippen LogP contribution < -0.4 is 5.32 Å². The van der Waals surface area contributed by atoms with Crippen LogP contribution in [0.15, 0.2) is 21.6 Å². The lowest BCUT2D eigenvalue weighted by Crippen LogP contribution is -2.53. The maximum atomic E-state index is 12.6. The average Bonchev–Trinajstić information content (AvgIpc) is 3.11. The molecule has 10 heteroatoms. The third-order valence-corrected chi connectivity index (χ3v) is 5.88. The van der Waals surface area contributed by atoms with Gasteiger partial charge in [0.25, 0.3) is 10.0 Å². The van der Waals surface area contributed by atoms with Crippen molar-refractivity contribution in [1.82, 2.24) is 14.5 Å². The van der Waals surface area contributed by atoms with Gasteiger partial charge in [-0.15, -0.1) is 0 Å². The second kappa shape index (κ2) is 8.63. The Bertz CT molecular complexity index is 709. The van der Waals surface area contributed by atoms with Gasteiger partial charge < -0.3 is 19.4 Å². The Balaban J connectivity index is 2.00. The van der Waals surface area contributed by atoms with E-state index >= 15 is 0 Å². The van der Waals surface area contributed by atoms with Crippen LogP contribution in [0.1, 0.15) is 30.8 Å². The maximum Gasteiger partial charge on any atom is 0.374 e. The van der Waals surface area contributed by atoms with Gasteiger partial charge in [-0.25, -0.2) is 13.2 Å². The number of rotatable bonds is 6. The first-order valence-electron chi connectivity index (χ1n) is 8.20. The molecule has 1 aromatic heterocycles. The predicted octanol–water partition coefficient (Wildman–Crippen LogP) is 1.05. The molecular weight excluding hydrogens is 366 g/mol. The molecule has 1 aliphatic heterocycles. The summed E-state index contributed by atoms with van der Waals surface area (Å²) in [5.41, 5.74) is 0. The summed E-state index contributed by atoms with van der Waals surface area (Å²) >= 11 is 5.30. The molecule has 2 heterocycles. The van der Waals surface area contributed by atoms with E-state index in [9.17, 15) is 13.2 Å². The Morgan fingerprint density at radius 2 is 1.96 bits per heavy atom. The smallest absolute Gasteiger partial charge is 0.374 e. The molecule has 1 saturated heterocycles. The zero-order valence-electron chi connectivity index (χ0n) is 14.4. The van der Waals surface area contributed by atoms with Crippen LogP contribution in [0.5, 0.6) is 0 Å². The number of carbonyl (C=O) groups is 1. The molecule has 0 spiro atoms. The number of sulfonamides is 1. The van der Waals surface area contributed by atoms with Crippen molar-refractivity contribution < 1.29 is 22.4 Å². The van der Waals surface area contributed by atoms with Crippen LogP contribution in [0.25, 0.3) is 0 Å². The van der Waals surface area contributed by atoms with Crippen LogP contribution in [-0.4, -0.2) is 68.0 Å². The molecule has 25 heavy (non-hydrogen) atoms. The minimum Gasteiger partial charge on any atom is -0.460 e. The Morgan fingerprint density at radius 1 is 1.28 bits per heavy atom. The fourth-order valence-corrected chi connectivity index (χ4v) is 3.99. The second-order valence-electron chi connectivity index (χ2n) is 5.46. The number of ether oxygens (including phenoxy) is 1. The number of piperazine rings is 1. The van der Waals surface area contributed by atoms with Gasteiger partial charge in [0.1, 0.15) is 0 Å². The van der Waals surface area contributed by atoms with E-state index in [1.54, 1.807) is 6.92 Å². The number of furan rings is 1. The number of thiocarbonyl (C=S) groups is 1. The van der Waals surface area contributed by atoms with Crippen LogP contribution in [0.3, 0.4) is 0 Å². The van der Waals surface area contributed by atoms with E-state index < -0.39 is 16.0 Å². The first-order valence-corrected chi connectivity index (χ1v) is 10.0. The molecular formula is C15H23N3O5S2. The molecule has 140 valence electrons. The van der Waals surface area contributed by atoms with Gasteiger partial charge >= 0.3 is 5.97 Å². The summed E-state index contributed by atoms with van der Waals surface area (Å²) in [7, 11) is -3.79. The molecule has 8 nitrogen and oxygen atoms in total. The Hall–Kier alpha value is -1.65. The van der Waals surface area contributed by atoms with E-state index in [4.69, 9.17) is 21.4 Å². The summed E-state index contributed by atoms with van der Waals surface area (Å²) in [6.07, 6.45) is 0.968. The van der Waals surface area contributed by atoms with Gasteiger partial charge in [-0.3, -0.25) is 0 Å². The van der Waals surface area contributed by atoms with Gasteiger partial charge in [0, 0.05) is 32.7 Å². The molecule has 1 aliphatic rings. The van der Waals surface area contributed by atoms with Crippen LogP contribution in [0.2, 0.25) is 0 Å². The van der Waals surface area contributed by atoms with Crippen molar-refractivity contribution in [3.8, 4) is 0 Å². The third kappa shape index (κ3) is 4.71. The highest BCUT2D eigenvalue weighted by atomic mass is 32.2. The summed E-state index contributed by atoms with van der Waals surface area (Å²) in [4.78, 5) is 13.6. The van der Waals surface area contributed by atoms with Crippen molar-refractivity contribution in [1.29, 1.82) is 0 Å². The van der Waals surface area contributed by atoms with Gasteiger partial charge in [0.2, 0.25) is 10.9 Å². The molecule has 0 unspecified atom stereocenters. The number of carbonyl (C=O) groups excluding carboxylic acids is 1. The number of esters is 1. The highest BCUT2D eigenvalue weighted by molar-refractivity contribution is 7.89. The third-order valence-electron chi connectivity index (χ3n) is 3.70. The summed E-state index contributed by atoms with van der Waals surface area (Å²) < 4.78 is 36.6. The average molecular weight is 389 g/mol. The lowest BCUT2D eigenvalue weighted by molar-refractivity contribution is 0.0483. The topological polar surface area (TPSA) is 92.1 Å². The lowest BCUT2D eigenvalue weighted by atomic mass is 10.4. The van der Waals surface area contributed by atoms with Gasteiger partial charge in [-0.05, 0) is 37.7 Å². The summed E-state index contributed by atoms with van der Waals surface area (Å²) in [5, 5.41) is 3.52. The molecule has 0 atom stereocenters. The fourth-order valence-electron chi connectivity index (χ4n) is 2.37. The van der Waals surface area contributed by atoms with Crippen molar-refractivity contribution in [2.75, 3.05) is 39.3 Å². The quantitative estimate of drug-likeness (QED) is 0.570. The molecule has 1 fully saturated rings. The highest BCUT2D eigenvalue weighted by Gasteiger charge is 2.32. The molecule has 1 N–H and O–H groups in total. The van der Waals surface area contributed by atoms with Gasteiger partial charge in [0.15, 0.2) is 5.11 Å². The predicted molar refractivity (Wildman–Crippen MR) is 95.9 cm³/mol. The SMILES string of the molecule is CCCNC(=S)N1CCN(S(=O)(=O)c2ccc(C(=O)OCC)o2)CC1. The van der Waals surface area contributed by atoms with Gasteiger partial charge in [-0.1, -0.05) is 6.92 Å². The van der Waals surface area contributed by atoms with Crippen LogP contribution in [0, 0.1) is 0 Å². The number of nitrogens with zero attached hydrogens (tertiary/aromatic N) is 2. The van der Waals surface area contributed by atoms with Crippen LogP contribution in [0.4, 0.5) is 0 Å². The Morgan fingerprint density at radius 3 is 2.56 bits per heavy atom. The summed E-state index contributed by atoms with van der Waals surface area (Å²) in [6, 6.07) is 2.59. The normalized spacial score (nSPS) is 15.8. The van der Waals surface area contributed by atoms with Crippen molar-refractivity contribution in [2.24, 2.45) is 0 Å². The highest BCUT2D eigenvalue weighted by Crippen LogP contribution is 2.21.